The lowest BCUT2D eigenvalue weighted by Gasteiger charge is -2.38. The van der Waals surface area contributed by atoms with E-state index in [1.165, 1.54) is 19.3 Å². The highest BCUT2D eigenvalue weighted by atomic mass is 32.1. The number of fused-ring (bicyclic) bond motifs is 2. The molecule has 0 aliphatic heterocycles. The second kappa shape index (κ2) is 3.98. The molecule has 0 unspecified atom stereocenters. The number of thiocarbonyl (C=S) groups is 1. The van der Waals surface area contributed by atoms with Crippen molar-refractivity contribution in [3.63, 3.8) is 0 Å². The molecule has 1 aromatic rings. The first-order chi connectivity index (χ1) is 8.81. The zero-order chi connectivity index (χ0) is 13.8. The first-order valence-corrected chi connectivity index (χ1v) is 7.33. The van der Waals surface area contributed by atoms with Crippen molar-refractivity contribution in [2.45, 2.75) is 46.0 Å². The van der Waals surface area contributed by atoms with Gasteiger partial charge in [0.1, 0.15) is 10.7 Å². The molecule has 0 saturated heterocycles. The monoisotopic (exact) mass is 275 g/mol. The third-order valence-electron chi connectivity index (χ3n) is 5.08. The van der Waals surface area contributed by atoms with Gasteiger partial charge in [0.25, 0.3) is 0 Å². The van der Waals surface area contributed by atoms with Crippen LogP contribution in [0.2, 0.25) is 0 Å². The lowest BCUT2D eigenvalue weighted by atomic mass is 9.67. The van der Waals surface area contributed by atoms with Crippen LogP contribution < -0.4 is 5.73 Å². The Hall–Kier alpha value is -1.03. The van der Waals surface area contributed by atoms with Gasteiger partial charge in [-0.25, -0.2) is 4.98 Å². The zero-order valence-corrected chi connectivity index (χ0v) is 12.6. The van der Waals surface area contributed by atoms with E-state index in [0.29, 0.717) is 33.3 Å². The molecule has 3 atom stereocenters. The van der Waals surface area contributed by atoms with Crippen molar-refractivity contribution in [3.05, 3.63) is 23.8 Å². The summed E-state index contributed by atoms with van der Waals surface area (Å²) in [6.45, 7) is 7.19. The zero-order valence-electron chi connectivity index (χ0n) is 11.8. The van der Waals surface area contributed by atoms with Crippen molar-refractivity contribution < 1.29 is 0 Å². The summed E-state index contributed by atoms with van der Waals surface area (Å²) >= 11 is 5.01. The third kappa shape index (κ3) is 2.06. The van der Waals surface area contributed by atoms with Crippen LogP contribution in [-0.4, -0.2) is 15.0 Å². The molecule has 2 aliphatic carbocycles. The van der Waals surface area contributed by atoms with E-state index < -0.39 is 0 Å². The van der Waals surface area contributed by atoms with Gasteiger partial charge in [0.05, 0.1) is 11.9 Å². The quantitative estimate of drug-likeness (QED) is 0.843. The van der Waals surface area contributed by atoms with E-state index in [1.54, 1.807) is 6.20 Å². The molecule has 102 valence electrons. The first-order valence-electron chi connectivity index (χ1n) is 6.93. The third-order valence-corrected chi connectivity index (χ3v) is 5.29. The molecular formula is C15H21N3S. The summed E-state index contributed by atoms with van der Waals surface area (Å²) in [5.41, 5.74) is 8.27. The Bertz CT molecular complexity index is 537. The van der Waals surface area contributed by atoms with E-state index in [4.69, 9.17) is 18.0 Å². The van der Waals surface area contributed by atoms with Gasteiger partial charge in [0, 0.05) is 12.1 Å². The summed E-state index contributed by atoms with van der Waals surface area (Å²) < 4.78 is 0. The molecule has 3 rings (SSSR count). The Morgan fingerprint density at radius 2 is 2.05 bits per heavy atom. The Labute approximate surface area is 120 Å². The maximum atomic E-state index is 5.67. The average molecular weight is 275 g/mol. The van der Waals surface area contributed by atoms with Gasteiger partial charge in [-0.2, -0.15) is 0 Å². The molecule has 0 radical (unpaired) electrons. The second-order valence-electron chi connectivity index (χ2n) is 7.29. The van der Waals surface area contributed by atoms with Gasteiger partial charge in [0.2, 0.25) is 0 Å². The fraction of sp³-hybridized carbons (Fsp3) is 0.667. The second-order valence-corrected chi connectivity index (χ2v) is 7.73. The molecule has 3 nitrogen and oxygen atoms in total. The molecule has 19 heavy (non-hydrogen) atoms. The van der Waals surface area contributed by atoms with Crippen LogP contribution in [0.15, 0.2) is 12.4 Å². The molecule has 2 aliphatic rings. The summed E-state index contributed by atoms with van der Waals surface area (Å²) in [5.74, 6) is 1.21. The summed E-state index contributed by atoms with van der Waals surface area (Å²) in [6, 6.07) is 0. The molecule has 2 N–H and O–H groups in total. The van der Waals surface area contributed by atoms with E-state index in [0.717, 1.165) is 5.69 Å². The van der Waals surface area contributed by atoms with Crippen molar-refractivity contribution in [3.8, 4) is 0 Å². The summed E-state index contributed by atoms with van der Waals surface area (Å²) in [5, 5.41) is 0. The van der Waals surface area contributed by atoms with Gasteiger partial charge in [-0.1, -0.05) is 33.0 Å². The highest BCUT2D eigenvalue weighted by Crippen LogP contribution is 2.67. The van der Waals surface area contributed by atoms with Gasteiger partial charge < -0.3 is 5.73 Å². The maximum absolute atomic E-state index is 5.67. The molecule has 0 spiro atoms. The number of aromatic nitrogens is 2. The molecule has 0 aromatic carbocycles. The number of nitrogens with two attached hydrogens (primary N) is 1. The highest BCUT2D eigenvalue weighted by Gasteiger charge is 2.57. The van der Waals surface area contributed by atoms with E-state index >= 15 is 0 Å². The van der Waals surface area contributed by atoms with Crippen LogP contribution >= 0.6 is 12.2 Å². The van der Waals surface area contributed by atoms with Crippen molar-refractivity contribution in [1.29, 1.82) is 0 Å². The number of nitrogens with zero attached hydrogens (tertiary/aromatic N) is 2. The Morgan fingerprint density at radius 3 is 2.63 bits per heavy atom. The van der Waals surface area contributed by atoms with Crippen LogP contribution in [0.4, 0.5) is 0 Å². The van der Waals surface area contributed by atoms with Crippen LogP contribution in [0.25, 0.3) is 0 Å². The summed E-state index contributed by atoms with van der Waals surface area (Å²) in [7, 11) is 0. The predicted molar refractivity (Wildman–Crippen MR) is 79.9 cm³/mol. The Morgan fingerprint density at radius 1 is 1.32 bits per heavy atom. The van der Waals surface area contributed by atoms with Gasteiger partial charge in [-0.15, -0.1) is 0 Å². The van der Waals surface area contributed by atoms with Crippen molar-refractivity contribution in [2.24, 2.45) is 22.5 Å². The van der Waals surface area contributed by atoms with Gasteiger partial charge >= 0.3 is 0 Å². The van der Waals surface area contributed by atoms with Crippen LogP contribution in [-0.2, 0) is 0 Å². The highest BCUT2D eigenvalue weighted by molar-refractivity contribution is 7.80. The van der Waals surface area contributed by atoms with Crippen LogP contribution in [0.5, 0.6) is 0 Å². The van der Waals surface area contributed by atoms with Gasteiger partial charge in [-0.3, -0.25) is 4.98 Å². The molecular weight excluding hydrogens is 254 g/mol. The fourth-order valence-electron chi connectivity index (χ4n) is 4.62. The van der Waals surface area contributed by atoms with E-state index in [-0.39, 0.29) is 0 Å². The predicted octanol–water partition coefficient (Wildman–Crippen LogP) is 3.04. The minimum Gasteiger partial charge on any atom is -0.388 e. The molecule has 2 saturated carbocycles. The normalized spacial score (nSPS) is 35.5. The van der Waals surface area contributed by atoms with Crippen molar-refractivity contribution in [2.75, 3.05) is 0 Å². The lowest BCUT2D eigenvalue weighted by Crippen LogP contribution is -2.29. The average Bonchev–Trinajstić information content (AvgIpc) is 2.77. The first kappa shape index (κ1) is 13.0. The lowest BCUT2D eigenvalue weighted by molar-refractivity contribution is 0.157. The van der Waals surface area contributed by atoms with E-state index in [9.17, 15) is 0 Å². The number of hydrogen-bond acceptors (Lipinski definition) is 3. The van der Waals surface area contributed by atoms with Crippen molar-refractivity contribution >= 4 is 17.2 Å². The topological polar surface area (TPSA) is 51.8 Å². The summed E-state index contributed by atoms with van der Waals surface area (Å²) in [4.78, 5) is 9.25. The molecule has 1 heterocycles. The van der Waals surface area contributed by atoms with E-state index in [1.807, 2.05) is 6.20 Å². The van der Waals surface area contributed by atoms with Crippen LogP contribution in [0, 0.1) is 16.7 Å². The number of rotatable bonds is 2. The summed E-state index contributed by atoms with van der Waals surface area (Å²) in [6.07, 6.45) is 7.41. The van der Waals surface area contributed by atoms with Crippen molar-refractivity contribution in [1.82, 2.24) is 9.97 Å². The smallest absolute Gasteiger partial charge is 0.124 e. The van der Waals surface area contributed by atoms with Gasteiger partial charge in [0.15, 0.2) is 0 Å². The molecule has 1 aromatic heterocycles. The maximum Gasteiger partial charge on any atom is 0.124 e. The standard InChI is InChI=1S/C15H21N3S/c1-14(2)8-15(3)4-9(10(14)5-15)11-6-17-7-12(18-11)13(16)19/h6-7,9-10H,4-5,8H2,1-3H3,(H2,16,19)/t9-,10-,15-/m0/s1. The molecule has 2 bridgehead atoms. The molecule has 0 amide bonds. The SMILES string of the molecule is CC1(C)C[C@@]2(C)C[C@H](c3cncc(C(N)=S)n3)[C@@H]1C2. The minimum absolute atomic E-state index is 0.336. The Balaban J connectivity index is 1.96. The van der Waals surface area contributed by atoms with E-state index in [2.05, 4.69) is 30.7 Å². The van der Waals surface area contributed by atoms with Crippen LogP contribution in [0.3, 0.4) is 0 Å². The molecule has 2 fully saturated rings. The minimum atomic E-state index is 0.336. The fourth-order valence-corrected chi connectivity index (χ4v) is 4.71. The Kier molecular flexibility index (Phi) is 2.72. The molecule has 4 heteroatoms. The largest absolute Gasteiger partial charge is 0.388 e. The van der Waals surface area contributed by atoms with Crippen LogP contribution in [0.1, 0.15) is 57.3 Å². The number of hydrogen-bond donors (Lipinski definition) is 1. The van der Waals surface area contributed by atoms with Gasteiger partial charge in [-0.05, 0) is 36.0 Å².